The Kier molecular flexibility index (Phi) is 8.92. The molecule has 222 valence electrons. The van der Waals surface area contributed by atoms with Gasteiger partial charge in [0.15, 0.2) is 5.82 Å². The summed E-state index contributed by atoms with van der Waals surface area (Å²) < 4.78 is 27.6. The number of hydrogen-bond donors (Lipinski definition) is 3. The number of anilines is 5. The summed E-state index contributed by atoms with van der Waals surface area (Å²) in [6.45, 7) is 2.77. The van der Waals surface area contributed by atoms with Crippen molar-refractivity contribution in [1.29, 1.82) is 0 Å². The normalized spacial score (nSPS) is 15.9. The molecule has 12 nitrogen and oxygen atoms in total. The van der Waals surface area contributed by atoms with E-state index in [0.717, 1.165) is 24.3 Å². The first kappa shape index (κ1) is 29.7. The van der Waals surface area contributed by atoms with Crippen LogP contribution in [0.3, 0.4) is 0 Å². The molecule has 1 aromatic heterocycles. The van der Waals surface area contributed by atoms with Gasteiger partial charge in [-0.05, 0) is 62.8 Å². The standard InChI is InChI=1S/C28H33ClN8O4S/c1-30-42(40,41)24-8-4-3-7-23(24)33-27-21(29)17-31-28(34-27)37(18-26(39)36-14-12-35(2)13-15-36)20-10-11-22-19(16-20)6-5-9-25(38)32-22/h3-4,7-8,10-11,16-17,30H,5-6,9,12-15,18H2,1-2H3,(H,32,38)(H,31,33,34). The molecule has 0 radical (unpaired) electrons. The van der Waals surface area contributed by atoms with E-state index in [1.807, 2.05) is 30.1 Å². The zero-order valence-electron chi connectivity index (χ0n) is 23.4. The van der Waals surface area contributed by atoms with Crippen molar-refractivity contribution < 1.29 is 18.0 Å². The van der Waals surface area contributed by atoms with Gasteiger partial charge in [0.05, 0.1) is 11.9 Å². The Labute approximate surface area is 250 Å². The van der Waals surface area contributed by atoms with Crippen LogP contribution in [0.1, 0.15) is 18.4 Å². The van der Waals surface area contributed by atoms with Gasteiger partial charge in [-0.25, -0.2) is 18.1 Å². The maximum absolute atomic E-state index is 13.5. The molecule has 42 heavy (non-hydrogen) atoms. The number of benzene rings is 2. The van der Waals surface area contributed by atoms with Crippen molar-refractivity contribution in [2.75, 3.05) is 62.4 Å². The van der Waals surface area contributed by atoms with Gasteiger partial charge in [-0.2, -0.15) is 4.98 Å². The van der Waals surface area contributed by atoms with Crippen molar-refractivity contribution >= 4 is 62.3 Å². The van der Waals surface area contributed by atoms with Crippen LogP contribution in [0, 0.1) is 0 Å². The molecule has 0 unspecified atom stereocenters. The van der Waals surface area contributed by atoms with Gasteiger partial charge in [-0.1, -0.05) is 23.7 Å². The average molecular weight is 613 g/mol. The van der Waals surface area contributed by atoms with Gasteiger partial charge < -0.3 is 25.3 Å². The van der Waals surface area contributed by atoms with Crippen LogP contribution >= 0.6 is 11.6 Å². The second kappa shape index (κ2) is 12.6. The summed E-state index contributed by atoms with van der Waals surface area (Å²) in [4.78, 5) is 40.5. The van der Waals surface area contributed by atoms with E-state index >= 15 is 0 Å². The molecule has 0 atom stereocenters. The minimum Gasteiger partial charge on any atom is -0.339 e. The molecule has 2 amide bonds. The monoisotopic (exact) mass is 612 g/mol. The molecule has 3 aromatic rings. The second-order valence-electron chi connectivity index (χ2n) is 10.2. The number of aromatic nitrogens is 2. The third-order valence-corrected chi connectivity index (χ3v) is 9.09. The van der Waals surface area contributed by atoms with Crippen LogP contribution in [-0.4, -0.2) is 86.8 Å². The van der Waals surface area contributed by atoms with Gasteiger partial charge in [0.1, 0.15) is 16.5 Å². The number of nitrogens with one attached hydrogen (secondary N) is 3. The van der Waals surface area contributed by atoms with Gasteiger partial charge in [-0.3, -0.25) is 9.59 Å². The van der Waals surface area contributed by atoms with Crippen molar-refractivity contribution in [2.24, 2.45) is 0 Å². The lowest BCUT2D eigenvalue weighted by atomic mass is 10.1. The number of amides is 2. The predicted molar refractivity (Wildman–Crippen MR) is 162 cm³/mol. The molecule has 5 rings (SSSR count). The maximum Gasteiger partial charge on any atom is 0.242 e. The molecule has 0 saturated carbocycles. The van der Waals surface area contributed by atoms with E-state index < -0.39 is 10.0 Å². The summed E-state index contributed by atoms with van der Waals surface area (Å²) in [7, 11) is -0.409. The summed E-state index contributed by atoms with van der Waals surface area (Å²) in [6.07, 6.45) is 3.27. The zero-order valence-corrected chi connectivity index (χ0v) is 25.0. The first-order valence-corrected chi connectivity index (χ1v) is 15.5. The fourth-order valence-electron chi connectivity index (χ4n) is 4.91. The van der Waals surface area contributed by atoms with Crippen LogP contribution in [0.4, 0.5) is 28.8 Å². The highest BCUT2D eigenvalue weighted by Gasteiger charge is 2.26. The van der Waals surface area contributed by atoms with Gasteiger partial charge in [0.25, 0.3) is 0 Å². The number of fused-ring (bicyclic) bond motifs is 1. The zero-order chi connectivity index (χ0) is 29.9. The van der Waals surface area contributed by atoms with Crippen LogP contribution in [0.2, 0.25) is 5.02 Å². The number of nitrogens with zero attached hydrogens (tertiary/aromatic N) is 5. The number of aryl methyl sites for hydroxylation is 1. The Balaban J connectivity index is 1.52. The highest BCUT2D eigenvalue weighted by atomic mass is 35.5. The van der Waals surface area contributed by atoms with Crippen LogP contribution < -0.4 is 20.3 Å². The highest BCUT2D eigenvalue weighted by molar-refractivity contribution is 7.89. The first-order valence-electron chi connectivity index (χ1n) is 13.6. The molecule has 2 aliphatic rings. The van der Waals surface area contributed by atoms with Gasteiger partial charge in [-0.15, -0.1) is 0 Å². The molecule has 0 spiro atoms. The fourth-order valence-corrected chi connectivity index (χ4v) is 5.94. The lowest BCUT2D eigenvalue weighted by Crippen LogP contribution is -2.49. The lowest BCUT2D eigenvalue weighted by molar-refractivity contribution is -0.131. The molecule has 2 aromatic carbocycles. The topological polar surface area (TPSA) is 140 Å². The molecule has 1 fully saturated rings. The summed E-state index contributed by atoms with van der Waals surface area (Å²) in [5.41, 5.74) is 2.65. The van der Waals surface area contributed by atoms with Gasteiger partial charge in [0.2, 0.25) is 27.8 Å². The smallest absolute Gasteiger partial charge is 0.242 e. The molecule has 1 saturated heterocycles. The van der Waals surface area contributed by atoms with Gasteiger partial charge in [0, 0.05) is 44.0 Å². The number of rotatable bonds is 8. The van der Waals surface area contributed by atoms with Crippen molar-refractivity contribution in [3.05, 3.63) is 59.2 Å². The van der Waals surface area contributed by atoms with E-state index in [0.29, 0.717) is 38.0 Å². The van der Waals surface area contributed by atoms with Crippen LogP contribution in [0.5, 0.6) is 0 Å². The molecule has 0 bridgehead atoms. The SMILES string of the molecule is CNS(=O)(=O)c1ccccc1Nc1nc(N(CC(=O)N2CCN(C)CC2)c2ccc3c(c2)CCCC(=O)N3)ncc1Cl. The summed E-state index contributed by atoms with van der Waals surface area (Å²) in [6, 6.07) is 12.0. The Morgan fingerprint density at radius 1 is 1.12 bits per heavy atom. The van der Waals surface area contributed by atoms with E-state index in [-0.39, 0.29) is 45.7 Å². The Bertz CT molecular complexity index is 1590. The summed E-state index contributed by atoms with van der Waals surface area (Å²) in [5.74, 6) is 0.279. The third-order valence-electron chi connectivity index (χ3n) is 7.35. The summed E-state index contributed by atoms with van der Waals surface area (Å²) in [5, 5.41) is 6.15. The number of sulfonamides is 1. The maximum atomic E-state index is 13.5. The second-order valence-corrected chi connectivity index (χ2v) is 12.5. The van der Waals surface area contributed by atoms with Crippen molar-refractivity contribution in [1.82, 2.24) is 24.5 Å². The Hall–Kier alpha value is -3.78. The van der Waals surface area contributed by atoms with Crippen molar-refractivity contribution in [3.8, 4) is 0 Å². The van der Waals surface area contributed by atoms with Crippen molar-refractivity contribution in [2.45, 2.75) is 24.2 Å². The van der Waals surface area contributed by atoms with E-state index in [9.17, 15) is 18.0 Å². The number of hydrogen-bond acceptors (Lipinski definition) is 9. The largest absolute Gasteiger partial charge is 0.339 e. The highest BCUT2D eigenvalue weighted by Crippen LogP contribution is 2.33. The number of halogens is 1. The average Bonchev–Trinajstić information content (AvgIpc) is 3.17. The number of para-hydroxylation sites is 1. The van der Waals surface area contributed by atoms with E-state index in [2.05, 4.69) is 30.2 Å². The Morgan fingerprint density at radius 3 is 2.64 bits per heavy atom. The van der Waals surface area contributed by atoms with Crippen molar-refractivity contribution in [3.63, 3.8) is 0 Å². The minimum atomic E-state index is -3.77. The molecule has 0 aliphatic carbocycles. The Morgan fingerprint density at radius 2 is 1.88 bits per heavy atom. The van der Waals surface area contributed by atoms with Gasteiger partial charge >= 0.3 is 0 Å². The number of carbonyl (C=O) groups is 2. The third kappa shape index (κ3) is 6.65. The molecular weight excluding hydrogens is 580 g/mol. The first-order chi connectivity index (χ1) is 20.1. The summed E-state index contributed by atoms with van der Waals surface area (Å²) >= 11 is 6.47. The lowest BCUT2D eigenvalue weighted by Gasteiger charge is -2.34. The molecule has 14 heteroatoms. The van der Waals surface area contributed by atoms with E-state index in [4.69, 9.17) is 11.6 Å². The van der Waals surface area contributed by atoms with Crippen LogP contribution in [0.15, 0.2) is 53.6 Å². The van der Waals surface area contributed by atoms with E-state index in [1.54, 1.807) is 23.1 Å². The predicted octanol–water partition coefficient (Wildman–Crippen LogP) is 2.97. The molecule has 3 N–H and O–H groups in total. The van der Waals surface area contributed by atoms with Crippen LogP contribution in [-0.2, 0) is 26.0 Å². The number of piperazine rings is 1. The fraction of sp³-hybridized carbons (Fsp3) is 0.357. The molecule has 2 aliphatic heterocycles. The minimum absolute atomic E-state index is 0.0265. The van der Waals surface area contributed by atoms with E-state index in [1.165, 1.54) is 19.3 Å². The quantitative estimate of drug-likeness (QED) is 0.350. The van der Waals surface area contributed by atoms with Crippen LogP contribution in [0.25, 0.3) is 0 Å². The number of carbonyl (C=O) groups excluding carboxylic acids is 2. The molecular formula is C28H33ClN8O4S. The molecule has 3 heterocycles. The number of likely N-dealkylation sites (N-methyl/N-ethyl adjacent to an activating group) is 1.